The van der Waals surface area contributed by atoms with Crippen molar-refractivity contribution in [3.8, 4) is 11.4 Å². The summed E-state index contributed by atoms with van der Waals surface area (Å²) < 4.78 is 0. The highest BCUT2D eigenvalue weighted by Gasteiger charge is 2.08. The van der Waals surface area contributed by atoms with Crippen molar-refractivity contribution in [3.63, 3.8) is 0 Å². The second-order valence-electron chi connectivity index (χ2n) is 4.71. The molecule has 0 bridgehead atoms. The van der Waals surface area contributed by atoms with Gasteiger partial charge in [-0.1, -0.05) is 66.7 Å². The first-order valence-electron chi connectivity index (χ1n) is 6.82. The molecule has 0 saturated heterocycles. The second-order valence-corrected chi connectivity index (χ2v) is 4.71. The van der Waals surface area contributed by atoms with Crippen molar-refractivity contribution >= 4 is 24.0 Å². The molecule has 0 spiro atoms. The van der Waals surface area contributed by atoms with Gasteiger partial charge in [0.2, 0.25) is 11.9 Å². The summed E-state index contributed by atoms with van der Waals surface area (Å²) in [5.41, 5.74) is 14.3. The lowest BCUT2D eigenvalue weighted by atomic mass is 10.1. The Labute approximate surface area is 128 Å². The van der Waals surface area contributed by atoms with E-state index >= 15 is 0 Å². The number of aromatic nitrogens is 3. The highest BCUT2D eigenvalue weighted by Crippen LogP contribution is 2.23. The molecule has 0 aliphatic rings. The maximum atomic E-state index is 5.65. The topological polar surface area (TPSA) is 90.7 Å². The Morgan fingerprint density at radius 2 is 1.32 bits per heavy atom. The van der Waals surface area contributed by atoms with Crippen molar-refractivity contribution in [1.82, 2.24) is 15.0 Å². The van der Waals surface area contributed by atoms with Crippen LogP contribution < -0.4 is 11.5 Å². The van der Waals surface area contributed by atoms with Gasteiger partial charge in [-0.15, -0.1) is 0 Å². The number of nitrogens with zero attached hydrogens (tertiary/aromatic N) is 3. The van der Waals surface area contributed by atoms with Crippen LogP contribution in [-0.2, 0) is 0 Å². The molecule has 22 heavy (non-hydrogen) atoms. The average Bonchev–Trinajstić information content (AvgIpc) is 2.53. The summed E-state index contributed by atoms with van der Waals surface area (Å²) in [7, 11) is 0. The van der Waals surface area contributed by atoms with Gasteiger partial charge in [0.1, 0.15) is 0 Å². The Bertz CT molecular complexity index is 792. The standard InChI is InChI=1S/C17H15N5/c18-16-20-15(21-17(19)22-16)14-9-5-4-8-13(14)11-10-12-6-2-1-3-7-12/h1-11H,(H4,18,19,20,21,22)/b11-10+. The molecule has 0 unspecified atom stereocenters. The van der Waals surface area contributed by atoms with Gasteiger partial charge < -0.3 is 11.5 Å². The molecule has 0 radical (unpaired) electrons. The monoisotopic (exact) mass is 289 g/mol. The fourth-order valence-corrected chi connectivity index (χ4v) is 2.13. The third kappa shape index (κ3) is 3.09. The van der Waals surface area contributed by atoms with E-state index in [4.69, 9.17) is 11.5 Å². The summed E-state index contributed by atoms with van der Waals surface area (Å²) in [6, 6.07) is 17.9. The summed E-state index contributed by atoms with van der Waals surface area (Å²) in [6.45, 7) is 0. The number of hydrogen-bond donors (Lipinski definition) is 2. The Morgan fingerprint density at radius 1 is 0.682 bits per heavy atom. The van der Waals surface area contributed by atoms with E-state index in [0.29, 0.717) is 5.82 Å². The molecule has 0 amide bonds. The van der Waals surface area contributed by atoms with Crippen LogP contribution in [0.3, 0.4) is 0 Å². The van der Waals surface area contributed by atoms with Crippen molar-refractivity contribution in [2.75, 3.05) is 11.5 Å². The van der Waals surface area contributed by atoms with Gasteiger partial charge in [-0.25, -0.2) is 0 Å². The molecule has 3 rings (SSSR count). The molecule has 1 aromatic heterocycles. The molecule has 0 atom stereocenters. The van der Waals surface area contributed by atoms with E-state index in [1.54, 1.807) is 0 Å². The molecule has 5 heteroatoms. The van der Waals surface area contributed by atoms with Gasteiger partial charge in [0.05, 0.1) is 0 Å². The SMILES string of the molecule is Nc1nc(N)nc(-c2ccccc2/C=C/c2ccccc2)n1. The second kappa shape index (κ2) is 6.05. The van der Waals surface area contributed by atoms with Crippen LogP contribution in [-0.4, -0.2) is 15.0 Å². The average molecular weight is 289 g/mol. The molecule has 1 heterocycles. The summed E-state index contributed by atoms with van der Waals surface area (Å²) in [5, 5.41) is 0. The minimum Gasteiger partial charge on any atom is -0.368 e. The summed E-state index contributed by atoms with van der Waals surface area (Å²) in [4.78, 5) is 12.1. The van der Waals surface area contributed by atoms with Crippen LogP contribution in [0.25, 0.3) is 23.5 Å². The summed E-state index contributed by atoms with van der Waals surface area (Å²) in [5.74, 6) is 0.701. The van der Waals surface area contributed by atoms with Gasteiger partial charge in [-0.2, -0.15) is 15.0 Å². The zero-order valence-electron chi connectivity index (χ0n) is 11.8. The van der Waals surface area contributed by atoms with Gasteiger partial charge in [0.25, 0.3) is 0 Å². The molecule has 0 aliphatic heterocycles. The zero-order valence-corrected chi connectivity index (χ0v) is 11.8. The largest absolute Gasteiger partial charge is 0.368 e. The Kier molecular flexibility index (Phi) is 3.78. The fraction of sp³-hybridized carbons (Fsp3) is 0. The van der Waals surface area contributed by atoms with E-state index in [9.17, 15) is 0 Å². The van der Waals surface area contributed by atoms with Crippen LogP contribution in [0.15, 0.2) is 54.6 Å². The first-order chi connectivity index (χ1) is 10.7. The molecule has 2 aromatic carbocycles. The van der Waals surface area contributed by atoms with E-state index < -0.39 is 0 Å². The lowest BCUT2D eigenvalue weighted by Crippen LogP contribution is -2.04. The van der Waals surface area contributed by atoms with E-state index in [-0.39, 0.29) is 11.9 Å². The predicted molar refractivity (Wildman–Crippen MR) is 89.5 cm³/mol. The van der Waals surface area contributed by atoms with Crippen molar-refractivity contribution in [2.45, 2.75) is 0 Å². The Hall–Kier alpha value is -3.21. The molecular formula is C17H15N5. The molecule has 0 aliphatic carbocycles. The molecular weight excluding hydrogens is 274 g/mol. The van der Waals surface area contributed by atoms with Crippen LogP contribution >= 0.6 is 0 Å². The van der Waals surface area contributed by atoms with E-state index in [1.165, 1.54) is 0 Å². The number of rotatable bonds is 3. The normalized spacial score (nSPS) is 10.9. The van der Waals surface area contributed by atoms with Gasteiger partial charge in [-0.3, -0.25) is 0 Å². The predicted octanol–water partition coefficient (Wildman–Crippen LogP) is 2.87. The highest BCUT2D eigenvalue weighted by atomic mass is 15.1. The molecule has 108 valence electrons. The quantitative estimate of drug-likeness (QED) is 0.723. The van der Waals surface area contributed by atoms with Gasteiger partial charge in [0.15, 0.2) is 5.82 Å². The maximum Gasteiger partial charge on any atom is 0.225 e. The lowest BCUT2D eigenvalue weighted by molar-refractivity contribution is 1.09. The maximum absolute atomic E-state index is 5.65. The summed E-state index contributed by atoms with van der Waals surface area (Å²) >= 11 is 0. The van der Waals surface area contributed by atoms with Crippen molar-refractivity contribution in [2.24, 2.45) is 0 Å². The minimum absolute atomic E-state index is 0.115. The van der Waals surface area contributed by atoms with Gasteiger partial charge in [-0.05, 0) is 11.1 Å². The Morgan fingerprint density at radius 3 is 2.05 bits per heavy atom. The van der Waals surface area contributed by atoms with Crippen LogP contribution in [0.1, 0.15) is 11.1 Å². The number of nitrogens with two attached hydrogens (primary N) is 2. The number of nitrogen functional groups attached to an aromatic ring is 2. The first kappa shape index (κ1) is 13.8. The van der Waals surface area contributed by atoms with E-state index in [1.807, 2.05) is 66.7 Å². The molecule has 3 aromatic rings. The van der Waals surface area contributed by atoms with Crippen LogP contribution in [0.5, 0.6) is 0 Å². The van der Waals surface area contributed by atoms with Crippen molar-refractivity contribution in [1.29, 1.82) is 0 Å². The van der Waals surface area contributed by atoms with Crippen molar-refractivity contribution < 1.29 is 0 Å². The minimum atomic E-state index is 0.115. The van der Waals surface area contributed by atoms with Gasteiger partial charge in [0, 0.05) is 5.56 Å². The number of anilines is 2. The van der Waals surface area contributed by atoms with Crippen LogP contribution in [0.2, 0.25) is 0 Å². The first-order valence-corrected chi connectivity index (χ1v) is 6.82. The van der Waals surface area contributed by atoms with Gasteiger partial charge >= 0.3 is 0 Å². The number of hydrogen-bond acceptors (Lipinski definition) is 5. The molecule has 5 nitrogen and oxygen atoms in total. The third-order valence-electron chi connectivity index (χ3n) is 3.13. The number of benzene rings is 2. The van der Waals surface area contributed by atoms with Crippen LogP contribution in [0, 0.1) is 0 Å². The zero-order chi connectivity index (χ0) is 15.4. The highest BCUT2D eigenvalue weighted by molar-refractivity contribution is 5.78. The van der Waals surface area contributed by atoms with E-state index in [0.717, 1.165) is 16.7 Å². The molecule has 0 saturated carbocycles. The van der Waals surface area contributed by atoms with Crippen LogP contribution in [0.4, 0.5) is 11.9 Å². The summed E-state index contributed by atoms with van der Waals surface area (Å²) in [6.07, 6.45) is 4.05. The van der Waals surface area contributed by atoms with Crippen molar-refractivity contribution in [3.05, 3.63) is 65.7 Å². The fourth-order valence-electron chi connectivity index (χ4n) is 2.13. The smallest absolute Gasteiger partial charge is 0.225 e. The molecule has 0 fully saturated rings. The third-order valence-corrected chi connectivity index (χ3v) is 3.13. The Balaban J connectivity index is 2.01. The molecule has 4 N–H and O–H groups in total. The lowest BCUT2D eigenvalue weighted by Gasteiger charge is -2.06. The van der Waals surface area contributed by atoms with E-state index in [2.05, 4.69) is 15.0 Å².